The van der Waals surface area contributed by atoms with E-state index in [0.717, 1.165) is 31.7 Å². The number of benzene rings is 1. The molecule has 1 N–H and O–H groups in total. The third-order valence-electron chi connectivity index (χ3n) is 4.66. The van der Waals surface area contributed by atoms with Gasteiger partial charge in [0.1, 0.15) is 11.9 Å². The lowest BCUT2D eigenvalue weighted by molar-refractivity contribution is -0.154. The molecule has 31 heavy (non-hydrogen) atoms. The zero-order chi connectivity index (χ0) is 21.4. The van der Waals surface area contributed by atoms with Crippen LogP contribution in [0.2, 0.25) is 0 Å². The van der Waals surface area contributed by atoms with Crippen LogP contribution in [0.5, 0.6) is 11.6 Å². The molecule has 0 spiro atoms. The van der Waals surface area contributed by atoms with Gasteiger partial charge in [-0.1, -0.05) is 24.3 Å². The maximum absolute atomic E-state index is 12.4. The molecule has 0 radical (unpaired) electrons. The van der Waals surface area contributed by atoms with Crippen LogP contribution in [0.25, 0.3) is 0 Å². The Labute approximate surface area is 196 Å². The molecule has 3 rings (SSSR count). The van der Waals surface area contributed by atoms with Crippen LogP contribution < -0.4 is 14.8 Å². The Morgan fingerprint density at radius 2 is 1.87 bits per heavy atom. The summed E-state index contributed by atoms with van der Waals surface area (Å²) in [4.78, 5) is 10.3. The molecule has 0 amide bonds. The molecule has 0 atom stereocenters. The van der Waals surface area contributed by atoms with Gasteiger partial charge in [-0.05, 0) is 18.2 Å². The summed E-state index contributed by atoms with van der Waals surface area (Å²) >= 11 is 0. The number of rotatable bonds is 6. The molecule has 0 aliphatic carbocycles. The summed E-state index contributed by atoms with van der Waals surface area (Å²) in [6, 6.07) is 13.1. The standard InChI is InChI=1S/C21H25F3N4O2.HI/c1-25-20(27-14-16-6-5-11-26-19(16)29-15-21(22,23)24)28-12-9-18(10-13-28)30-17-7-3-2-4-8-17;/h2-8,11,18H,9-10,12-15H2,1H3,(H,25,27);1H. The first kappa shape index (κ1) is 25.0. The average molecular weight is 550 g/mol. The fraction of sp³-hybridized carbons (Fsp3) is 0.429. The SMILES string of the molecule is CN=C(NCc1cccnc1OCC(F)(F)F)N1CCC(Oc2ccccc2)CC1.I. The van der Waals surface area contributed by atoms with Gasteiger partial charge in [-0.2, -0.15) is 13.2 Å². The molecule has 2 aromatic rings. The molecule has 1 aliphatic rings. The number of aliphatic imine (C=N–C) groups is 1. The van der Waals surface area contributed by atoms with E-state index in [1.165, 1.54) is 6.20 Å². The van der Waals surface area contributed by atoms with Gasteiger partial charge in [0, 0.05) is 51.3 Å². The van der Waals surface area contributed by atoms with Crippen molar-refractivity contribution in [3.05, 3.63) is 54.2 Å². The molecule has 10 heteroatoms. The van der Waals surface area contributed by atoms with Crippen LogP contribution >= 0.6 is 24.0 Å². The summed E-state index contributed by atoms with van der Waals surface area (Å²) in [5.41, 5.74) is 0.533. The Morgan fingerprint density at radius 1 is 1.16 bits per heavy atom. The van der Waals surface area contributed by atoms with Crippen molar-refractivity contribution in [1.29, 1.82) is 0 Å². The molecule has 1 saturated heterocycles. The van der Waals surface area contributed by atoms with Gasteiger partial charge in [0.05, 0.1) is 0 Å². The predicted octanol–water partition coefficient (Wildman–Crippen LogP) is 4.26. The van der Waals surface area contributed by atoms with Gasteiger partial charge in [0.2, 0.25) is 5.88 Å². The minimum absolute atomic E-state index is 0. The van der Waals surface area contributed by atoms with Crippen LogP contribution in [-0.4, -0.2) is 54.9 Å². The van der Waals surface area contributed by atoms with Crippen molar-refractivity contribution in [2.75, 3.05) is 26.7 Å². The smallest absolute Gasteiger partial charge is 0.422 e. The summed E-state index contributed by atoms with van der Waals surface area (Å²) in [5.74, 6) is 1.51. The van der Waals surface area contributed by atoms with Crippen molar-refractivity contribution in [2.24, 2.45) is 4.99 Å². The molecular weight excluding hydrogens is 524 g/mol. The molecule has 0 unspecified atom stereocenters. The molecule has 6 nitrogen and oxygen atoms in total. The van der Waals surface area contributed by atoms with Gasteiger partial charge >= 0.3 is 6.18 Å². The number of alkyl halides is 3. The molecule has 1 aliphatic heterocycles. The van der Waals surface area contributed by atoms with Crippen LogP contribution in [0.3, 0.4) is 0 Å². The number of halogens is 4. The van der Waals surface area contributed by atoms with E-state index in [1.54, 1.807) is 19.2 Å². The lowest BCUT2D eigenvalue weighted by atomic mass is 10.1. The summed E-state index contributed by atoms with van der Waals surface area (Å²) in [6.45, 7) is 0.415. The van der Waals surface area contributed by atoms with E-state index < -0.39 is 12.8 Å². The lowest BCUT2D eigenvalue weighted by Gasteiger charge is -2.34. The maximum atomic E-state index is 12.4. The normalized spacial score (nSPS) is 15.2. The molecule has 1 fully saturated rings. The second-order valence-corrected chi connectivity index (χ2v) is 6.89. The first-order valence-electron chi connectivity index (χ1n) is 9.75. The van der Waals surface area contributed by atoms with Crippen LogP contribution in [-0.2, 0) is 6.54 Å². The van der Waals surface area contributed by atoms with E-state index in [0.29, 0.717) is 11.5 Å². The zero-order valence-corrected chi connectivity index (χ0v) is 19.5. The average Bonchev–Trinajstić information content (AvgIpc) is 2.74. The van der Waals surface area contributed by atoms with Gasteiger partial charge in [-0.15, -0.1) is 24.0 Å². The number of piperidine rings is 1. The Hall–Kier alpha value is -2.24. The molecule has 0 saturated carbocycles. The Kier molecular flexibility index (Phi) is 9.66. The molecule has 0 bridgehead atoms. The van der Waals surface area contributed by atoms with Crippen molar-refractivity contribution in [1.82, 2.24) is 15.2 Å². The summed E-state index contributed by atoms with van der Waals surface area (Å²) in [5, 5.41) is 3.19. The fourth-order valence-electron chi connectivity index (χ4n) is 3.22. The van der Waals surface area contributed by atoms with Gasteiger partial charge in [-0.25, -0.2) is 4.98 Å². The zero-order valence-electron chi connectivity index (χ0n) is 17.1. The second kappa shape index (κ2) is 12.0. The van der Waals surface area contributed by atoms with E-state index in [1.807, 2.05) is 30.3 Å². The Balaban J connectivity index is 0.00000341. The first-order chi connectivity index (χ1) is 14.4. The predicted molar refractivity (Wildman–Crippen MR) is 123 cm³/mol. The van der Waals surface area contributed by atoms with Crippen molar-refractivity contribution in [2.45, 2.75) is 31.7 Å². The summed E-state index contributed by atoms with van der Waals surface area (Å²) in [7, 11) is 1.68. The van der Waals surface area contributed by atoms with Crippen molar-refractivity contribution < 1.29 is 22.6 Å². The molecular formula is C21H26F3IN4O2. The van der Waals surface area contributed by atoms with Gasteiger partial charge in [0.15, 0.2) is 12.6 Å². The minimum Gasteiger partial charge on any atom is -0.490 e. The van der Waals surface area contributed by atoms with Crippen LogP contribution in [0.15, 0.2) is 53.7 Å². The Morgan fingerprint density at radius 3 is 2.52 bits per heavy atom. The number of hydrogen-bond acceptors (Lipinski definition) is 4. The number of pyridine rings is 1. The quantitative estimate of drug-likeness (QED) is 0.331. The van der Waals surface area contributed by atoms with Gasteiger partial charge in [0.25, 0.3) is 0 Å². The largest absolute Gasteiger partial charge is 0.490 e. The minimum atomic E-state index is -4.41. The number of para-hydroxylation sites is 1. The van der Waals surface area contributed by atoms with E-state index in [4.69, 9.17) is 9.47 Å². The highest BCUT2D eigenvalue weighted by Crippen LogP contribution is 2.21. The van der Waals surface area contributed by atoms with Crippen LogP contribution in [0.4, 0.5) is 13.2 Å². The van der Waals surface area contributed by atoms with E-state index in [-0.39, 0.29) is 42.5 Å². The number of guanidine groups is 1. The molecule has 2 heterocycles. The summed E-state index contributed by atoms with van der Waals surface area (Å²) in [6.07, 6.45) is -1.17. The molecule has 1 aromatic heterocycles. The van der Waals surface area contributed by atoms with Crippen LogP contribution in [0.1, 0.15) is 18.4 Å². The fourth-order valence-corrected chi connectivity index (χ4v) is 3.22. The topological polar surface area (TPSA) is 59.0 Å². The highest BCUT2D eigenvalue weighted by molar-refractivity contribution is 14.0. The van der Waals surface area contributed by atoms with Gasteiger partial charge in [-0.3, -0.25) is 4.99 Å². The highest BCUT2D eigenvalue weighted by Gasteiger charge is 2.29. The van der Waals surface area contributed by atoms with Crippen molar-refractivity contribution in [3.8, 4) is 11.6 Å². The number of ether oxygens (including phenoxy) is 2. The van der Waals surface area contributed by atoms with E-state index in [9.17, 15) is 13.2 Å². The van der Waals surface area contributed by atoms with E-state index >= 15 is 0 Å². The third-order valence-corrected chi connectivity index (χ3v) is 4.66. The monoisotopic (exact) mass is 550 g/mol. The molecule has 170 valence electrons. The van der Waals surface area contributed by atoms with Crippen molar-refractivity contribution in [3.63, 3.8) is 0 Å². The Bertz CT molecular complexity index is 829. The third kappa shape index (κ3) is 8.08. The number of hydrogen-bond donors (Lipinski definition) is 1. The molecule has 1 aromatic carbocycles. The second-order valence-electron chi connectivity index (χ2n) is 6.89. The van der Waals surface area contributed by atoms with Crippen LogP contribution in [0, 0.1) is 0 Å². The first-order valence-corrected chi connectivity index (χ1v) is 9.75. The number of aromatic nitrogens is 1. The number of nitrogens with zero attached hydrogens (tertiary/aromatic N) is 3. The van der Waals surface area contributed by atoms with E-state index in [2.05, 4.69) is 20.2 Å². The maximum Gasteiger partial charge on any atom is 0.422 e. The highest BCUT2D eigenvalue weighted by atomic mass is 127. The lowest BCUT2D eigenvalue weighted by Crippen LogP contribution is -2.47. The summed E-state index contributed by atoms with van der Waals surface area (Å²) < 4.78 is 48.2. The van der Waals surface area contributed by atoms with Gasteiger partial charge < -0.3 is 19.7 Å². The number of nitrogens with one attached hydrogen (secondary N) is 1. The number of likely N-dealkylation sites (tertiary alicyclic amines) is 1. The van der Waals surface area contributed by atoms with Crippen molar-refractivity contribution >= 4 is 29.9 Å².